The third-order valence-electron chi connectivity index (χ3n) is 4.07. The molecule has 5 N–H and O–H groups in total. The summed E-state index contributed by atoms with van der Waals surface area (Å²) in [7, 11) is -3.81. The van der Waals surface area contributed by atoms with Crippen LogP contribution in [0, 0.1) is 0 Å². The Morgan fingerprint density at radius 2 is 1.85 bits per heavy atom. The van der Waals surface area contributed by atoms with Gasteiger partial charge in [-0.3, -0.25) is 15.0 Å². The third-order valence-corrected chi connectivity index (χ3v) is 6.28. The molecule has 1 spiro atoms. The van der Waals surface area contributed by atoms with E-state index in [1.165, 1.54) is 24.3 Å². The van der Waals surface area contributed by atoms with Crippen molar-refractivity contribution in [1.29, 1.82) is 0 Å². The summed E-state index contributed by atoms with van der Waals surface area (Å²) in [5, 5.41) is 14.5. The third kappa shape index (κ3) is 2.95. The minimum atomic E-state index is -3.81. The number of fused-ring (bicyclic) bond motifs is 2. The number of amides is 2. The molecule has 9 nitrogen and oxygen atoms in total. The van der Waals surface area contributed by atoms with E-state index in [2.05, 4.69) is 21.2 Å². The summed E-state index contributed by atoms with van der Waals surface area (Å²) in [6.07, 6.45) is 0. The normalized spacial score (nSPS) is 20.6. The molecule has 4 rings (SSSR count). The average molecular weight is 403 g/mol. The highest BCUT2D eigenvalue weighted by atomic mass is 32.2. The quantitative estimate of drug-likeness (QED) is 0.595. The maximum absolute atomic E-state index is 12.5. The Morgan fingerprint density at radius 1 is 1.15 bits per heavy atom. The summed E-state index contributed by atoms with van der Waals surface area (Å²) >= 11 is 1.01. The highest BCUT2D eigenvalue weighted by Gasteiger charge is 2.52. The van der Waals surface area contributed by atoms with Crippen molar-refractivity contribution in [3.63, 3.8) is 0 Å². The average Bonchev–Trinajstić information content (AvgIpc) is 3.19. The van der Waals surface area contributed by atoms with Gasteiger partial charge in [0.2, 0.25) is 14.9 Å². The molecule has 0 saturated carbocycles. The summed E-state index contributed by atoms with van der Waals surface area (Å²) in [6.45, 7) is 0. The SMILES string of the molecule is NS(=O)(=O)c1ccc(NC(=O)C2=NNC3(S2)C(=O)Nc2ccccc23)cc1. The lowest BCUT2D eigenvalue weighted by molar-refractivity contribution is -0.118. The zero-order chi connectivity index (χ0) is 19.2. The van der Waals surface area contributed by atoms with Crippen molar-refractivity contribution < 1.29 is 18.0 Å². The summed E-state index contributed by atoms with van der Waals surface area (Å²) in [5.41, 5.74) is 4.50. The minimum Gasteiger partial charge on any atom is -0.323 e. The van der Waals surface area contributed by atoms with Crippen LogP contribution >= 0.6 is 11.8 Å². The molecule has 0 radical (unpaired) electrons. The first-order valence-electron chi connectivity index (χ1n) is 7.69. The van der Waals surface area contributed by atoms with Crippen LogP contribution in [0.2, 0.25) is 0 Å². The molecular weight excluding hydrogens is 390 g/mol. The number of carbonyl (C=O) groups excluding carboxylic acids is 2. The number of benzene rings is 2. The van der Waals surface area contributed by atoms with Crippen LogP contribution in [0.5, 0.6) is 0 Å². The lowest BCUT2D eigenvalue weighted by Crippen LogP contribution is -2.39. The number of sulfonamides is 1. The van der Waals surface area contributed by atoms with Crippen molar-refractivity contribution >= 4 is 50.0 Å². The van der Waals surface area contributed by atoms with Crippen LogP contribution in [0.3, 0.4) is 0 Å². The van der Waals surface area contributed by atoms with Crippen LogP contribution in [-0.4, -0.2) is 25.3 Å². The van der Waals surface area contributed by atoms with Crippen LogP contribution in [-0.2, 0) is 24.5 Å². The highest BCUT2D eigenvalue weighted by molar-refractivity contribution is 8.17. The summed E-state index contributed by atoms with van der Waals surface area (Å²) in [6, 6.07) is 12.6. The number of thioether (sulfide) groups is 1. The van der Waals surface area contributed by atoms with Gasteiger partial charge in [0.25, 0.3) is 11.8 Å². The van der Waals surface area contributed by atoms with Crippen molar-refractivity contribution in [3.8, 4) is 0 Å². The molecule has 138 valence electrons. The van der Waals surface area contributed by atoms with E-state index >= 15 is 0 Å². The second-order valence-electron chi connectivity index (χ2n) is 5.84. The Hall–Kier alpha value is -2.89. The molecule has 2 aliphatic heterocycles. The smallest absolute Gasteiger partial charge is 0.282 e. The zero-order valence-corrected chi connectivity index (χ0v) is 15.2. The number of para-hydroxylation sites is 1. The van der Waals surface area contributed by atoms with E-state index in [-0.39, 0.29) is 15.8 Å². The maximum atomic E-state index is 12.5. The largest absolute Gasteiger partial charge is 0.323 e. The molecule has 1 unspecified atom stereocenters. The maximum Gasteiger partial charge on any atom is 0.282 e. The van der Waals surface area contributed by atoms with Gasteiger partial charge >= 0.3 is 0 Å². The topological polar surface area (TPSA) is 143 Å². The van der Waals surface area contributed by atoms with Gasteiger partial charge in [0.15, 0.2) is 5.04 Å². The molecule has 27 heavy (non-hydrogen) atoms. The Kier molecular flexibility index (Phi) is 3.94. The molecule has 2 aromatic carbocycles. The number of nitrogens with two attached hydrogens (primary N) is 1. The van der Waals surface area contributed by atoms with Crippen LogP contribution in [0.1, 0.15) is 5.56 Å². The number of nitrogens with one attached hydrogen (secondary N) is 3. The van der Waals surface area contributed by atoms with E-state index in [1.807, 2.05) is 0 Å². The van der Waals surface area contributed by atoms with E-state index in [9.17, 15) is 18.0 Å². The Bertz CT molecular complexity index is 1100. The number of nitrogens with zero attached hydrogens (tertiary/aromatic N) is 1. The van der Waals surface area contributed by atoms with E-state index in [1.54, 1.807) is 24.3 Å². The molecule has 2 aromatic rings. The van der Waals surface area contributed by atoms with Crippen molar-refractivity contribution in [2.45, 2.75) is 9.77 Å². The number of hydrogen-bond donors (Lipinski definition) is 4. The molecule has 0 aromatic heterocycles. The number of rotatable bonds is 3. The first kappa shape index (κ1) is 17.5. The van der Waals surface area contributed by atoms with Gasteiger partial charge < -0.3 is 10.6 Å². The molecule has 0 saturated heterocycles. The van der Waals surface area contributed by atoms with Crippen LogP contribution in [0.15, 0.2) is 58.5 Å². The van der Waals surface area contributed by atoms with Crippen molar-refractivity contribution in [1.82, 2.24) is 5.43 Å². The Balaban J connectivity index is 1.51. The van der Waals surface area contributed by atoms with Gasteiger partial charge in [0, 0.05) is 16.9 Å². The lowest BCUT2D eigenvalue weighted by atomic mass is 10.1. The van der Waals surface area contributed by atoms with Gasteiger partial charge in [-0.05, 0) is 30.3 Å². The summed E-state index contributed by atoms with van der Waals surface area (Å²) in [5.74, 6) is -0.831. The van der Waals surface area contributed by atoms with Crippen molar-refractivity contribution in [3.05, 3.63) is 54.1 Å². The molecule has 0 bridgehead atoms. The predicted molar refractivity (Wildman–Crippen MR) is 101 cm³/mol. The predicted octanol–water partition coefficient (Wildman–Crippen LogP) is 0.728. The Labute approximate surface area is 158 Å². The fraction of sp³-hybridized carbons (Fsp3) is 0.0625. The van der Waals surface area contributed by atoms with E-state index < -0.39 is 20.8 Å². The Morgan fingerprint density at radius 3 is 2.56 bits per heavy atom. The zero-order valence-electron chi connectivity index (χ0n) is 13.6. The van der Waals surface area contributed by atoms with Crippen LogP contribution in [0.25, 0.3) is 0 Å². The molecule has 11 heteroatoms. The van der Waals surface area contributed by atoms with Gasteiger partial charge in [0.1, 0.15) is 0 Å². The molecule has 0 fully saturated rings. The molecule has 2 heterocycles. The second kappa shape index (κ2) is 6.08. The summed E-state index contributed by atoms with van der Waals surface area (Å²) < 4.78 is 22.5. The van der Waals surface area contributed by atoms with Crippen molar-refractivity contribution in [2.75, 3.05) is 10.6 Å². The van der Waals surface area contributed by atoms with Gasteiger partial charge in [-0.2, -0.15) is 5.10 Å². The second-order valence-corrected chi connectivity index (χ2v) is 8.60. The lowest BCUT2D eigenvalue weighted by Gasteiger charge is -2.19. The van der Waals surface area contributed by atoms with E-state index in [0.29, 0.717) is 16.9 Å². The molecule has 1 atom stereocenters. The molecule has 2 amide bonds. The van der Waals surface area contributed by atoms with Crippen LogP contribution < -0.4 is 21.2 Å². The van der Waals surface area contributed by atoms with E-state index in [0.717, 1.165) is 11.8 Å². The molecule has 0 aliphatic carbocycles. The number of hydrogen-bond acceptors (Lipinski definition) is 7. The number of anilines is 2. The van der Waals surface area contributed by atoms with Crippen LogP contribution in [0.4, 0.5) is 11.4 Å². The van der Waals surface area contributed by atoms with Gasteiger partial charge in [-0.25, -0.2) is 13.6 Å². The number of primary sulfonamides is 1. The minimum absolute atomic E-state index is 0.0621. The molecule has 2 aliphatic rings. The molecular formula is C16H13N5O4S2. The van der Waals surface area contributed by atoms with Gasteiger partial charge in [0.05, 0.1) is 4.90 Å². The number of hydrazone groups is 1. The fourth-order valence-electron chi connectivity index (χ4n) is 2.77. The first-order valence-corrected chi connectivity index (χ1v) is 10.0. The summed E-state index contributed by atoms with van der Waals surface area (Å²) in [4.78, 5) is 23.7. The van der Waals surface area contributed by atoms with Gasteiger partial charge in [-0.15, -0.1) is 0 Å². The first-order chi connectivity index (χ1) is 12.8. The monoisotopic (exact) mass is 403 g/mol. The standard InChI is InChI=1S/C16H13N5O4S2/c17-27(24,25)10-7-5-9(6-8-10)18-13(22)14-20-21-16(26-14)11-3-1-2-4-12(11)19-15(16)23/h1-8,21H,(H,18,22)(H,19,23)(H2,17,24,25). The number of carbonyl (C=O) groups is 2. The van der Waals surface area contributed by atoms with Crippen molar-refractivity contribution in [2.24, 2.45) is 10.2 Å². The highest BCUT2D eigenvalue weighted by Crippen LogP contribution is 2.46. The van der Waals surface area contributed by atoms with E-state index in [4.69, 9.17) is 5.14 Å². The fourth-order valence-corrected chi connectivity index (χ4v) is 4.34. The van der Waals surface area contributed by atoms with Gasteiger partial charge in [-0.1, -0.05) is 30.0 Å².